The van der Waals surface area contributed by atoms with Crippen LogP contribution in [-0.2, 0) is 0 Å². The smallest absolute Gasteiger partial charge is 0.155 e. The van der Waals surface area contributed by atoms with Crippen molar-refractivity contribution in [3.63, 3.8) is 0 Å². The Bertz CT molecular complexity index is 983. The normalized spacial score (nSPS) is 19.0. The van der Waals surface area contributed by atoms with Crippen molar-refractivity contribution in [1.82, 2.24) is 14.7 Å². The highest BCUT2D eigenvalue weighted by molar-refractivity contribution is 5.72. The van der Waals surface area contributed by atoms with Gasteiger partial charge >= 0.3 is 0 Å². The predicted molar refractivity (Wildman–Crippen MR) is 164 cm³/mol. The van der Waals surface area contributed by atoms with Crippen LogP contribution in [0.1, 0.15) is 87.3 Å². The predicted octanol–water partition coefficient (Wildman–Crippen LogP) is 7.88. The third-order valence-electron chi connectivity index (χ3n) is 9.61. The largest absolute Gasteiger partial charge is 0.309 e. The lowest BCUT2D eigenvalue weighted by Gasteiger charge is -2.57. The molecule has 2 saturated carbocycles. The molecule has 2 aromatic carbocycles. The van der Waals surface area contributed by atoms with E-state index < -0.39 is 0 Å². The van der Waals surface area contributed by atoms with Gasteiger partial charge in [0, 0.05) is 29.9 Å². The van der Waals surface area contributed by atoms with E-state index in [1.54, 1.807) is 0 Å². The first-order valence-corrected chi connectivity index (χ1v) is 15.3. The minimum atomic E-state index is -0.273. The minimum Gasteiger partial charge on any atom is -0.309 e. The molecule has 210 valence electrons. The van der Waals surface area contributed by atoms with Gasteiger partial charge in [0.1, 0.15) is 0 Å². The lowest BCUT2D eigenvalue weighted by molar-refractivity contribution is -0.0531. The fraction of sp³-hybridized carbons (Fsp3) is 0.647. The molecule has 0 bridgehead atoms. The summed E-state index contributed by atoms with van der Waals surface area (Å²) in [5.74, 6) is -0.273. The van der Waals surface area contributed by atoms with E-state index in [1.807, 2.05) is 0 Å². The van der Waals surface area contributed by atoms with Crippen molar-refractivity contribution in [3.05, 3.63) is 59.2 Å². The van der Waals surface area contributed by atoms with Gasteiger partial charge < -0.3 is 9.80 Å². The SMILES string of the molecule is Cc1cc(C)c(N(c2ccccc2)C(CCCN(C)C2CCCC2)(N(C)C)N(C)C2CCCCC2)c(C)c1. The molecule has 4 heteroatoms. The molecule has 2 aliphatic carbocycles. The van der Waals surface area contributed by atoms with Crippen molar-refractivity contribution in [1.29, 1.82) is 0 Å². The molecular weight excluding hydrogens is 464 g/mol. The zero-order chi connectivity index (χ0) is 27.3. The zero-order valence-electron chi connectivity index (χ0n) is 25.5. The van der Waals surface area contributed by atoms with Gasteiger partial charge in [0.25, 0.3) is 0 Å². The number of para-hydroxylation sites is 1. The van der Waals surface area contributed by atoms with E-state index in [1.165, 1.54) is 92.3 Å². The molecule has 0 amide bonds. The molecule has 4 nitrogen and oxygen atoms in total. The minimum absolute atomic E-state index is 0.273. The molecule has 0 aliphatic heterocycles. The van der Waals surface area contributed by atoms with Crippen LogP contribution in [0.15, 0.2) is 42.5 Å². The molecule has 0 aromatic heterocycles. The first-order chi connectivity index (χ1) is 18.3. The van der Waals surface area contributed by atoms with Crippen LogP contribution in [0.3, 0.4) is 0 Å². The Kier molecular flexibility index (Phi) is 9.95. The highest BCUT2D eigenvalue weighted by Gasteiger charge is 2.47. The molecule has 38 heavy (non-hydrogen) atoms. The van der Waals surface area contributed by atoms with E-state index in [4.69, 9.17) is 0 Å². The molecular formula is C34H54N4. The fourth-order valence-electron chi connectivity index (χ4n) is 7.66. The maximum Gasteiger partial charge on any atom is 0.155 e. The Labute approximate surface area is 234 Å². The average molecular weight is 519 g/mol. The van der Waals surface area contributed by atoms with E-state index in [-0.39, 0.29) is 5.79 Å². The van der Waals surface area contributed by atoms with Crippen LogP contribution in [0.5, 0.6) is 0 Å². The molecule has 2 aliphatic rings. The second-order valence-electron chi connectivity index (χ2n) is 12.5. The molecule has 1 unspecified atom stereocenters. The summed E-state index contributed by atoms with van der Waals surface area (Å²) in [6, 6.07) is 17.3. The summed E-state index contributed by atoms with van der Waals surface area (Å²) < 4.78 is 0. The van der Waals surface area contributed by atoms with Crippen molar-refractivity contribution in [3.8, 4) is 0 Å². The van der Waals surface area contributed by atoms with E-state index in [2.05, 4.69) is 111 Å². The van der Waals surface area contributed by atoms with Gasteiger partial charge in [-0.25, -0.2) is 0 Å². The summed E-state index contributed by atoms with van der Waals surface area (Å²) in [7, 11) is 9.41. The lowest BCUT2D eigenvalue weighted by Crippen LogP contribution is -2.68. The van der Waals surface area contributed by atoms with Crippen LogP contribution in [-0.4, -0.2) is 67.3 Å². The molecule has 1 atom stereocenters. The Morgan fingerprint density at radius 3 is 1.87 bits per heavy atom. The highest BCUT2D eigenvalue weighted by atomic mass is 15.6. The van der Waals surface area contributed by atoms with Crippen molar-refractivity contribution in [2.75, 3.05) is 39.6 Å². The van der Waals surface area contributed by atoms with E-state index in [0.29, 0.717) is 6.04 Å². The third-order valence-corrected chi connectivity index (χ3v) is 9.61. The molecule has 0 spiro atoms. The lowest BCUT2D eigenvalue weighted by atomic mass is 9.91. The van der Waals surface area contributed by atoms with Gasteiger partial charge in [-0.3, -0.25) is 9.80 Å². The summed E-state index contributed by atoms with van der Waals surface area (Å²) in [6.45, 7) is 8.00. The maximum atomic E-state index is 2.77. The molecule has 0 N–H and O–H groups in total. The Hall–Kier alpha value is -1.88. The molecule has 0 heterocycles. The molecule has 0 radical (unpaired) electrons. The summed E-state index contributed by atoms with van der Waals surface area (Å²) in [5.41, 5.74) is 6.70. The number of hydrogen-bond acceptors (Lipinski definition) is 4. The van der Waals surface area contributed by atoms with Crippen LogP contribution < -0.4 is 4.90 Å². The molecule has 0 saturated heterocycles. The fourth-order valence-corrected chi connectivity index (χ4v) is 7.66. The zero-order valence-corrected chi connectivity index (χ0v) is 25.5. The quantitative estimate of drug-likeness (QED) is 0.280. The van der Waals surface area contributed by atoms with Gasteiger partial charge in [-0.1, -0.05) is 68.0 Å². The van der Waals surface area contributed by atoms with E-state index >= 15 is 0 Å². The second-order valence-corrected chi connectivity index (χ2v) is 12.5. The third kappa shape index (κ3) is 6.13. The standard InChI is InChI=1S/C34H54N4/c1-27-25-28(2)33(29(3)26-27)38(32-21-12-9-13-22-32)34(35(4)5,37(7)31-19-10-8-11-20-31)23-16-24-36(6)30-17-14-15-18-30/h9,12-13,21-22,25-26,30-31H,8,10-11,14-20,23-24H2,1-7H3. The number of aryl methyl sites for hydroxylation is 3. The average Bonchev–Trinajstić information content (AvgIpc) is 3.45. The number of rotatable bonds is 11. The van der Waals surface area contributed by atoms with Gasteiger partial charge in [0.05, 0.1) is 0 Å². The summed E-state index contributed by atoms with van der Waals surface area (Å²) >= 11 is 0. The Morgan fingerprint density at radius 1 is 0.737 bits per heavy atom. The topological polar surface area (TPSA) is 13.0 Å². The van der Waals surface area contributed by atoms with Crippen LogP contribution in [0.2, 0.25) is 0 Å². The van der Waals surface area contributed by atoms with E-state index in [9.17, 15) is 0 Å². The highest BCUT2D eigenvalue weighted by Crippen LogP contribution is 2.44. The summed E-state index contributed by atoms with van der Waals surface area (Å²) in [5, 5.41) is 0. The Morgan fingerprint density at radius 2 is 1.29 bits per heavy atom. The van der Waals surface area contributed by atoms with Crippen molar-refractivity contribution in [2.45, 2.75) is 109 Å². The second kappa shape index (κ2) is 13.0. The first-order valence-electron chi connectivity index (χ1n) is 15.3. The van der Waals surface area contributed by atoms with Gasteiger partial charge in [0.15, 0.2) is 5.79 Å². The van der Waals surface area contributed by atoms with Crippen molar-refractivity contribution in [2.24, 2.45) is 0 Å². The number of anilines is 2. The molecule has 4 rings (SSSR count). The van der Waals surface area contributed by atoms with Crippen LogP contribution >= 0.6 is 0 Å². The number of benzene rings is 2. The monoisotopic (exact) mass is 518 g/mol. The van der Waals surface area contributed by atoms with Gasteiger partial charge in [-0.15, -0.1) is 0 Å². The van der Waals surface area contributed by atoms with Crippen molar-refractivity contribution >= 4 is 11.4 Å². The van der Waals surface area contributed by atoms with E-state index in [0.717, 1.165) is 19.0 Å². The first kappa shape index (κ1) is 29.1. The summed E-state index contributed by atoms with van der Waals surface area (Å²) in [6.07, 6.45) is 14.5. The van der Waals surface area contributed by atoms with Crippen molar-refractivity contribution < 1.29 is 0 Å². The summed E-state index contributed by atoms with van der Waals surface area (Å²) in [4.78, 5) is 10.7. The number of nitrogens with zero attached hydrogens (tertiary/aromatic N) is 4. The van der Waals surface area contributed by atoms with Gasteiger partial charge in [-0.05, 0) is 111 Å². The van der Waals surface area contributed by atoms with Crippen LogP contribution in [0, 0.1) is 20.8 Å². The molecule has 2 aromatic rings. The Balaban J connectivity index is 1.82. The van der Waals surface area contributed by atoms with Crippen LogP contribution in [0.4, 0.5) is 11.4 Å². The number of hydrogen-bond donors (Lipinski definition) is 0. The molecule has 2 fully saturated rings. The van der Waals surface area contributed by atoms with Gasteiger partial charge in [0.2, 0.25) is 0 Å². The maximum absolute atomic E-state index is 2.77. The van der Waals surface area contributed by atoms with Crippen LogP contribution in [0.25, 0.3) is 0 Å². The van der Waals surface area contributed by atoms with Gasteiger partial charge in [-0.2, -0.15) is 0 Å².